The lowest BCUT2D eigenvalue weighted by molar-refractivity contribution is 0.603. The Morgan fingerprint density at radius 3 is 2.33 bits per heavy atom. The molecule has 0 radical (unpaired) electrons. The molecule has 0 aliphatic carbocycles. The van der Waals surface area contributed by atoms with Crippen LogP contribution in [0.4, 0.5) is 0 Å². The fourth-order valence-corrected chi connectivity index (χ4v) is 4.78. The minimum Gasteiger partial charge on any atom is -0.342 e. The summed E-state index contributed by atoms with van der Waals surface area (Å²) in [4.78, 5) is -0.170. The summed E-state index contributed by atoms with van der Waals surface area (Å²) in [7, 11) is -3.89. The molecule has 1 aromatic heterocycles. The number of hydrogen-bond acceptors (Lipinski definition) is 3. The number of para-hydroxylation sites is 1. The molecule has 0 N–H and O–H groups in total. The van der Waals surface area contributed by atoms with Crippen molar-refractivity contribution in [3.63, 3.8) is 0 Å². The summed E-state index contributed by atoms with van der Waals surface area (Å²) in [6, 6.07) is 25.7. The maximum absolute atomic E-state index is 12.9. The van der Waals surface area contributed by atoms with Crippen molar-refractivity contribution in [1.29, 1.82) is 5.26 Å². The lowest BCUT2D eigenvalue weighted by Crippen LogP contribution is -2.03. The van der Waals surface area contributed by atoms with Gasteiger partial charge in [-0.3, -0.25) is 0 Å². The smallest absolute Gasteiger partial charge is 0.216 e. The highest BCUT2D eigenvalue weighted by atomic mass is 79.9. The van der Waals surface area contributed by atoms with Gasteiger partial charge in [0.1, 0.15) is 11.0 Å². The second kappa shape index (κ2) is 8.31. The average Bonchev–Trinajstić information content (AvgIpc) is 3.11. The first-order valence-corrected chi connectivity index (χ1v) is 11.5. The van der Waals surface area contributed by atoms with E-state index in [0.29, 0.717) is 12.1 Å². The molecule has 4 rings (SSSR count). The highest BCUT2D eigenvalue weighted by molar-refractivity contribution is 9.10. The van der Waals surface area contributed by atoms with Gasteiger partial charge in [-0.2, -0.15) is 5.26 Å². The van der Waals surface area contributed by atoms with Crippen molar-refractivity contribution >= 4 is 42.7 Å². The Labute approximate surface area is 183 Å². The van der Waals surface area contributed by atoms with Crippen LogP contribution in [0.3, 0.4) is 0 Å². The summed E-state index contributed by atoms with van der Waals surface area (Å²) < 4.78 is 28.9. The molecule has 0 aliphatic rings. The minimum atomic E-state index is -3.89. The van der Waals surface area contributed by atoms with Crippen LogP contribution in [-0.4, -0.2) is 13.0 Å². The Hall–Kier alpha value is -3.14. The number of rotatable bonds is 5. The molecule has 3 aromatic carbocycles. The number of sulfone groups is 1. The average molecular weight is 477 g/mol. The van der Waals surface area contributed by atoms with Gasteiger partial charge in [0.05, 0.1) is 4.90 Å². The van der Waals surface area contributed by atoms with E-state index in [1.807, 2.05) is 60.8 Å². The lowest BCUT2D eigenvalue weighted by Gasteiger charge is -2.05. The molecule has 4 aromatic rings. The molecule has 30 heavy (non-hydrogen) atoms. The number of aromatic nitrogens is 1. The molecule has 0 aliphatic heterocycles. The van der Waals surface area contributed by atoms with Crippen LogP contribution in [-0.2, 0) is 16.4 Å². The summed E-state index contributed by atoms with van der Waals surface area (Å²) >= 11 is 3.45. The predicted molar refractivity (Wildman–Crippen MR) is 122 cm³/mol. The second-order valence-corrected chi connectivity index (χ2v) is 9.63. The van der Waals surface area contributed by atoms with E-state index >= 15 is 0 Å². The summed E-state index contributed by atoms with van der Waals surface area (Å²) in [6.07, 6.45) is 3.35. The maximum atomic E-state index is 12.9. The largest absolute Gasteiger partial charge is 0.342 e. The molecule has 1 heterocycles. The number of hydrogen-bond donors (Lipinski definition) is 0. The van der Waals surface area contributed by atoms with Crippen LogP contribution in [0, 0.1) is 11.3 Å². The zero-order valence-corrected chi connectivity index (χ0v) is 18.3. The molecule has 0 fully saturated rings. The highest BCUT2D eigenvalue weighted by Gasteiger charge is 2.21. The van der Waals surface area contributed by atoms with Gasteiger partial charge in [-0.1, -0.05) is 64.5 Å². The zero-order chi connectivity index (χ0) is 21.1. The summed E-state index contributed by atoms with van der Waals surface area (Å²) in [6.45, 7) is 0.634. The summed E-state index contributed by atoms with van der Waals surface area (Å²) in [5, 5.41) is 10.5. The molecule has 0 saturated heterocycles. The van der Waals surface area contributed by atoms with E-state index in [1.165, 1.54) is 18.2 Å². The Morgan fingerprint density at radius 1 is 0.967 bits per heavy atom. The topological polar surface area (TPSA) is 62.9 Å². The van der Waals surface area contributed by atoms with Crippen LogP contribution >= 0.6 is 15.9 Å². The molecule has 0 atom stereocenters. The van der Waals surface area contributed by atoms with E-state index in [4.69, 9.17) is 0 Å². The van der Waals surface area contributed by atoms with Crippen LogP contribution in [0.2, 0.25) is 0 Å². The molecular weight excluding hydrogens is 460 g/mol. The third-order valence-electron chi connectivity index (χ3n) is 4.83. The fourth-order valence-electron chi connectivity index (χ4n) is 3.35. The van der Waals surface area contributed by atoms with Crippen LogP contribution < -0.4 is 0 Å². The predicted octanol–water partition coefficient (Wildman–Crippen LogP) is 5.79. The molecule has 0 amide bonds. The number of fused-ring (bicyclic) bond motifs is 1. The first-order chi connectivity index (χ1) is 14.5. The van der Waals surface area contributed by atoms with Crippen molar-refractivity contribution in [3.05, 3.63) is 106 Å². The van der Waals surface area contributed by atoms with Crippen LogP contribution in [0.1, 0.15) is 11.1 Å². The molecule has 4 nitrogen and oxygen atoms in total. The van der Waals surface area contributed by atoms with Gasteiger partial charge in [-0.05, 0) is 42.0 Å². The van der Waals surface area contributed by atoms with Gasteiger partial charge in [-0.25, -0.2) is 8.42 Å². The maximum Gasteiger partial charge on any atom is 0.216 e. The van der Waals surface area contributed by atoms with Gasteiger partial charge in [0, 0.05) is 33.7 Å². The van der Waals surface area contributed by atoms with Crippen molar-refractivity contribution in [3.8, 4) is 6.07 Å². The second-order valence-electron chi connectivity index (χ2n) is 6.79. The summed E-state index contributed by atoms with van der Waals surface area (Å²) in [5.41, 5.74) is 2.78. The molecule has 6 heteroatoms. The van der Waals surface area contributed by atoms with Crippen molar-refractivity contribution < 1.29 is 8.42 Å². The van der Waals surface area contributed by atoms with Gasteiger partial charge in [0.2, 0.25) is 9.84 Å². The minimum absolute atomic E-state index is 0.108. The number of nitriles is 1. The van der Waals surface area contributed by atoms with Gasteiger partial charge < -0.3 is 4.57 Å². The molecule has 0 bridgehead atoms. The number of nitrogens with zero attached hydrogens (tertiary/aromatic N) is 2. The number of allylic oxidation sites excluding steroid dienone is 1. The Balaban J connectivity index is 1.81. The van der Waals surface area contributed by atoms with E-state index in [1.54, 1.807) is 18.2 Å². The van der Waals surface area contributed by atoms with Crippen molar-refractivity contribution in [2.45, 2.75) is 11.4 Å². The summed E-state index contributed by atoms with van der Waals surface area (Å²) in [5.74, 6) is 0. The lowest BCUT2D eigenvalue weighted by atomic mass is 10.1. The molecular formula is C24H17BrN2O2S. The number of benzene rings is 3. The van der Waals surface area contributed by atoms with E-state index < -0.39 is 9.84 Å². The highest BCUT2D eigenvalue weighted by Crippen LogP contribution is 2.27. The molecule has 148 valence electrons. The quantitative estimate of drug-likeness (QED) is 0.342. The number of halogens is 1. The van der Waals surface area contributed by atoms with Crippen LogP contribution in [0.5, 0.6) is 0 Å². The monoisotopic (exact) mass is 476 g/mol. The van der Waals surface area contributed by atoms with Gasteiger partial charge in [0.25, 0.3) is 0 Å². The van der Waals surface area contributed by atoms with E-state index in [0.717, 1.165) is 20.9 Å². The van der Waals surface area contributed by atoms with Gasteiger partial charge in [0.15, 0.2) is 0 Å². The van der Waals surface area contributed by atoms with Crippen LogP contribution in [0.25, 0.3) is 17.0 Å². The van der Waals surface area contributed by atoms with E-state index in [-0.39, 0.29) is 9.80 Å². The third kappa shape index (κ3) is 3.95. The first-order valence-electron chi connectivity index (χ1n) is 9.23. The first kappa shape index (κ1) is 20.1. The molecule has 0 unspecified atom stereocenters. The zero-order valence-electron chi connectivity index (χ0n) is 15.9. The van der Waals surface area contributed by atoms with E-state index in [9.17, 15) is 13.7 Å². The Morgan fingerprint density at radius 2 is 1.63 bits per heavy atom. The SMILES string of the molecule is N#C/C(=C\c1cn(Cc2ccc(Br)cc2)c2ccccc12)S(=O)(=O)c1ccccc1. The van der Waals surface area contributed by atoms with Crippen molar-refractivity contribution in [2.75, 3.05) is 0 Å². The van der Waals surface area contributed by atoms with Crippen LogP contribution in [0.15, 0.2) is 99.3 Å². The standard InChI is InChI=1S/C24H17BrN2O2S/c25-20-12-10-18(11-13-20)16-27-17-19(23-8-4-5-9-24(23)27)14-22(15-26)30(28,29)21-6-2-1-3-7-21/h1-14,17H,16H2/b22-14+. The fraction of sp³-hybridized carbons (Fsp3) is 0.0417. The van der Waals surface area contributed by atoms with Crippen molar-refractivity contribution in [1.82, 2.24) is 4.57 Å². The van der Waals surface area contributed by atoms with E-state index in [2.05, 4.69) is 20.5 Å². The van der Waals surface area contributed by atoms with Gasteiger partial charge in [-0.15, -0.1) is 0 Å². The molecule has 0 spiro atoms. The van der Waals surface area contributed by atoms with Crippen molar-refractivity contribution in [2.24, 2.45) is 0 Å². The molecule has 0 saturated carbocycles. The Kier molecular flexibility index (Phi) is 5.58. The Bertz CT molecular complexity index is 1380. The third-order valence-corrected chi connectivity index (χ3v) is 7.03. The van der Waals surface area contributed by atoms with Gasteiger partial charge >= 0.3 is 0 Å². The normalized spacial score (nSPS) is 12.1.